The van der Waals surface area contributed by atoms with Crippen molar-refractivity contribution in [1.82, 2.24) is 10.2 Å². The lowest BCUT2D eigenvalue weighted by atomic mass is 10.0. The molecule has 148 valence electrons. The standard InChI is InChI=1S/C21H23ClN2O4/c1-27-18-6-4-3-5-16(18)20(25)23-15-9-11-24(12-10-15)21(26)17-13-14(22)7-8-19(17)28-2/h3-8,13,15H,9-12H2,1-2H3,(H,23,25). The Balaban J connectivity index is 1.61. The van der Waals surface area contributed by atoms with Gasteiger partial charge in [0.15, 0.2) is 0 Å². The molecule has 1 N–H and O–H groups in total. The van der Waals surface area contributed by atoms with Crippen LogP contribution in [0.25, 0.3) is 0 Å². The average Bonchev–Trinajstić information content (AvgIpc) is 2.73. The maximum Gasteiger partial charge on any atom is 0.257 e. The predicted molar refractivity (Wildman–Crippen MR) is 107 cm³/mol. The molecule has 0 spiro atoms. The topological polar surface area (TPSA) is 67.9 Å². The number of piperidine rings is 1. The van der Waals surface area contributed by atoms with E-state index in [1.54, 1.807) is 48.4 Å². The van der Waals surface area contributed by atoms with Gasteiger partial charge in [-0.05, 0) is 43.2 Å². The lowest BCUT2D eigenvalue weighted by Gasteiger charge is -2.32. The molecular formula is C21H23ClN2O4. The van der Waals surface area contributed by atoms with Crippen LogP contribution in [0.15, 0.2) is 42.5 Å². The molecule has 1 saturated heterocycles. The maximum absolute atomic E-state index is 12.8. The molecule has 0 aromatic heterocycles. The van der Waals surface area contributed by atoms with E-state index >= 15 is 0 Å². The summed E-state index contributed by atoms with van der Waals surface area (Å²) in [5, 5.41) is 3.53. The monoisotopic (exact) mass is 402 g/mol. The summed E-state index contributed by atoms with van der Waals surface area (Å²) in [6.45, 7) is 1.09. The van der Waals surface area contributed by atoms with Crippen LogP contribution in [0, 0.1) is 0 Å². The van der Waals surface area contributed by atoms with E-state index in [2.05, 4.69) is 5.32 Å². The van der Waals surface area contributed by atoms with Crippen LogP contribution in [0.2, 0.25) is 5.02 Å². The number of likely N-dealkylation sites (tertiary alicyclic amines) is 1. The van der Waals surface area contributed by atoms with Gasteiger partial charge in [-0.15, -0.1) is 0 Å². The molecule has 1 aliphatic rings. The molecule has 1 heterocycles. The van der Waals surface area contributed by atoms with Gasteiger partial charge < -0.3 is 19.7 Å². The normalized spacial score (nSPS) is 14.5. The van der Waals surface area contributed by atoms with Crippen LogP contribution < -0.4 is 14.8 Å². The summed E-state index contributed by atoms with van der Waals surface area (Å²) in [5.41, 5.74) is 0.957. The molecule has 0 unspecified atom stereocenters. The van der Waals surface area contributed by atoms with Crippen LogP contribution >= 0.6 is 11.6 Å². The minimum Gasteiger partial charge on any atom is -0.496 e. The summed E-state index contributed by atoms with van der Waals surface area (Å²) >= 11 is 6.04. The van der Waals surface area contributed by atoms with Crippen molar-refractivity contribution >= 4 is 23.4 Å². The highest BCUT2D eigenvalue weighted by Crippen LogP contribution is 2.25. The van der Waals surface area contributed by atoms with Crippen LogP contribution in [0.3, 0.4) is 0 Å². The second kappa shape index (κ2) is 8.97. The number of hydrogen-bond acceptors (Lipinski definition) is 4. The molecule has 2 amide bonds. The first-order chi connectivity index (χ1) is 13.5. The Hall–Kier alpha value is -2.73. The van der Waals surface area contributed by atoms with Crippen molar-refractivity contribution in [2.75, 3.05) is 27.3 Å². The minimum atomic E-state index is -0.168. The van der Waals surface area contributed by atoms with Crippen LogP contribution in [0.5, 0.6) is 11.5 Å². The zero-order valence-electron chi connectivity index (χ0n) is 15.9. The molecule has 2 aromatic rings. The Morgan fingerprint density at radius 2 is 1.64 bits per heavy atom. The summed E-state index contributed by atoms with van der Waals surface area (Å²) < 4.78 is 10.5. The number of methoxy groups -OCH3 is 2. The summed E-state index contributed by atoms with van der Waals surface area (Å²) in [7, 11) is 3.07. The predicted octanol–water partition coefficient (Wildman–Crippen LogP) is 3.39. The largest absolute Gasteiger partial charge is 0.496 e. The van der Waals surface area contributed by atoms with E-state index in [9.17, 15) is 9.59 Å². The van der Waals surface area contributed by atoms with Gasteiger partial charge in [0.1, 0.15) is 11.5 Å². The van der Waals surface area contributed by atoms with E-state index in [-0.39, 0.29) is 17.9 Å². The second-order valence-corrected chi connectivity index (χ2v) is 7.02. The van der Waals surface area contributed by atoms with Gasteiger partial charge in [-0.3, -0.25) is 9.59 Å². The van der Waals surface area contributed by atoms with Gasteiger partial charge in [-0.2, -0.15) is 0 Å². The maximum atomic E-state index is 12.8. The molecule has 1 fully saturated rings. The summed E-state index contributed by atoms with van der Waals surface area (Å²) in [4.78, 5) is 27.2. The van der Waals surface area contributed by atoms with Crippen LogP contribution in [-0.4, -0.2) is 50.1 Å². The smallest absolute Gasteiger partial charge is 0.257 e. The summed E-state index contributed by atoms with van der Waals surface area (Å²) in [6.07, 6.45) is 1.35. The lowest BCUT2D eigenvalue weighted by Crippen LogP contribution is -2.46. The third kappa shape index (κ3) is 4.39. The van der Waals surface area contributed by atoms with E-state index in [0.717, 1.165) is 0 Å². The first kappa shape index (κ1) is 20.0. The molecule has 1 aliphatic heterocycles. The minimum absolute atomic E-state index is 0.00252. The van der Waals surface area contributed by atoms with E-state index < -0.39 is 0 Å². The fraction of sp³-hybridized carbons (Fsp3) is 0.333. The number of nitrogens with zero attached hydrogens (tertiary/aromatic N) is 1. The van der Waals surface area contributed by atoms with Crippen LogP contribution in [0.1, 0.15) is 33.6 Å². The fourth-order valence-corrected chi connectivity index (χ4v) is 3.51. The second-order valence-electron chi connectivity index (χ2n) is 6.58. The van der Waals surface area contributed by atoms with Crippen molar-refractivity contribution in [3.63, 3.8) is 0 Å². The fourth-order valence-electron chi connectivity index (χ4n) is 3.34. The Kier molecular flexibility index (Phi) is 6.41. The SMILES string of the molecule is COc1ccccc1C(=O)NC1CCN(C(=O)c2cc(Cl)ccc2OC)CC1. The number of carbonyl (C=O) groups excluding carboxylic acids is 2. The molecule has 6 nitrogen and oxygen atoms in total. The molecule has 3 rings (SSSR count). The summed E-state index contributed by atoms with van der Waals surface area (Å²) in [6, 6.07) is 12.1. The molecule has 0 bridgehead atoms. The molecule has 28 heavy (non-hydrogen) atoms. The zero-order chi connectivity index (χ0) is 20.1. The van der Waals surface area contributed by atoms with Gasteiger partial charge in [-0.25, -0.2) is 0 Å². The van der Waals surface area contributed by atoms with Gasteiger partial charge in [-0.1, -0.05) is 23.7 Å². The van der Waals surface area contributed by atoms with E-state index in [0.29, 0.717) is 53.6 Å². The van der Waals surface area contributed by atoms with Gasteiger partial charge in [0.05, 0.1) is 25.3 Å². The van der Waals surface area contributed by atoms with Gasteiger partial charge in [0.25, 0.3) is 11.8 Å². The zero-order valence-corrected chi connectivity index (χ0v) is 16.7. The quantitative estimate of drug-likeness (QED) is 0.832. The number of halogens is 1. The van der Waals surface area contributed by atoms with E-state index in [4.69, 9.17) is 21.1 Å². The Morgan fingerprint density at radius 3 is 2.32 bits per heavy atom. The van der Waals surface area contributed by atoms with Crippen molar-refractivity contribution < 1.29 is 19.1 Å². The van der Waals surface area contributed by atoms with Crippen LogP contribution in [-0.2, 0) is 0 Å². The number of amides is 2. The van der Waals surface area contributed by atoms with Crippen molar-refractivity contribution in [3.8, 4) is 11.5 Å². The van der Waals surface area contributed by atoms with Crippen molar-refractivity contribution in [2.24, 2.45) is 0 Å². The van der Waals surface area contributed by atoms with Gasteiger partial charge in [0, 0.05) is 24.2 Å². The number of para-hydroxylation sites is 1. The third-order valence-electron chi connectivity index (χ3n) is 4.86. The van der Waals surface area contributed by atoms with E-state index in [1.807, 2.05) is 6.07 Å². The molecule has 0 atom stereocenters. The molecule has 7 heteroatoms. The molecule has 2 aromatic carbocycles. The van der Waals surface area contributed by atoms with Gasteiger partial charge in [0.2, 0.25) is 0 Å². The Labute approximate surface area is 169 Å². The van der Waals surface area contributed by atoms with Crippen molar-refractivity contribution in [3.05, 3.63) is 58.6 Å². The Morgan fingerprint density at radius 1 is 1.00 bits per heavy atom. The highest BCUT2D eigenvalue weighted by atomic mass is 35.5. The van der Waals surface area contributed by atoms with Crippen molar-refractivity contribution in [1.29, 1.82) is 0 Å². The highest BCUT2D eigenvalue weighted by Gasteiger charge is 2.27. The third-order valence-corrected chi connectivity index (χ3v) is 5.10. The molecular weight excluding hydrogens is 380 g/mol. The van der Waals surface area contributed by atoms with E-state index in [1.165, 1.54) is 7.11 Å². The van der Waals surface area contributed by atoms with Crippen molar-refractivity contribution in [2.45, 2.75) is 18.9 Å². The summed E-state index contributed by atoms with van der Waals surface area (Å²) in [5.74, 6) is 0.759. The first-order valence-corrected chi connectivity index (χ1v) is 9.48. The molecule has 0 saturated carbocycles. The number of ether oxygens (including phenoxy) is 2. The molecule has 0 aliphatic carbocycles. The lowest BCUT2D eigenvalue weighted by molar-refractivity contribution is 0.0695. The van der Waals surface area contributed by atoms with Gasteiger partial charge >= 0.3 is 0 Å². The number of nitrogens with one attached hydrogen (secondary N) is 1. The number of hydrogen-bond donors (Lipinski definition) is 1. The Bertz CT molecular complexity index is 863. The van der Waals surface area contributed by atoms with Crippen LogP contribution in [0.4, 0.5) is 0 Å². The number of benzene rings is 2. The number of carbonyl (C=O) groups is 2. The molecule has 0 radical (unpaired) electrons. The first-order valence-electron chi connectivity index (χ1n) is 9.10. The average molecular weight is 403 g/mol. The highest BCUT2D eigenvalue weighted by molar-refractivity contribution is 6.31. The number of rotatable bonds is 5.